The Hall–Kier alpha value is -4.63. The number of ether oxygens (including phenoxy) is 5. The Bertz CT molecular complexity index is 1470. The van der Waals surface area contributed by atoms with Crippen LogP contribution < -0.4 is 0 Å². The van der Waals surface area contributed by atoms with Gasteiger partial charge in [-0.2, -0.15) is 9.78 Å². The summed E-state index contributed by atoms with van der Waals surface area (Å²) in [7, 11) is 0. The highest BCUT2D eigenvalue weighted by Crippen LogP contribution is 2.38. The van der Waals surface area contributed by atoms with Crippen LogP contribution in [0.25, 0.3) is 11.4 Å². The number of hydrogen-bond acceptors (Lipinski definition) is 14. The summed E-state index contributed by atoms with van der Waals surface area (Å²) in [4.78, 5) is 52.2. The van der Waals surface area contributed by atoms with Gasteiger partial charge >= 0.3 is 23.9 Å². The monoisotopic (exact) mass is 611 g/mol. The van der Waals surface area contributed by atoms with Crippen LogP contribution in [0.1, 0.15) is 33.3 Å². The van der Waals surface area contributed by atoms with Crippen molar-refractivity contribution in [1.29, 1.82) is 0 Å². The number of carbonyl (C=O) groups is 4. The predicted octanol–water partition coefficient (Wildman–Crippen LogP) is 2.40. The minimum atomic E-state index is -1.32. The lowest BCUT2D eigenvalue weighted by molar-refractivity contribution is -0.237. The van der Waals surface area contributed by atoms with E-state index in [1.165, 1.54) is 18.5 Å². The van der Waals surface area contributed by atoms with E-state index in [1.54, 1.807) is 30.7 Å². The van der Waals surface area contributed by atoms with Gasteiger partial charge in [0.25, 0.3) is 0 Å². The first kappa shape index (κ1) is 31.3. The first-order chi connectivity index (χ1) is 20.6. The molecule has 0 aliphatic carbocycles. The van der Waals surface area contributed by atoms with E-state index in [-0.39, 0.29) is 11.8 Å². The van der Waals surface area contributed by atoms with Crippen molar-refractivity contribution in [2.75, 3.05) is 6.61 Å². The first-order valence-electron chi connectivity index (χ1n) is 13.0. The van der Waals surface area contributed by atoms with Crippen LogP contribution in [0.15, 0.2) is 65.1 Å². The molecule has 5 atom stereocenters. The van der Waals surface area contributed by atoms with E-state index in [2.05, 4.69) is 20.3 Å². The highest BCUT2D eigenvalue weighted by Gasteiger charge is 2.53. The molecule has 0 N–H and O–H groups in total. The minimum Gasteiger partial charge on any atom is -0.463 e. The third kappa shape index (κ3) is 8.45. The second kappa shape index (κ2) is 14.5. The maximum absolute atomic E-state index is 12.2. The molecule has 0 radical (unpaired) electrons. The van der Waals surface area contributed by atoms with Crippen LogP contribution in [0.3, 0.4) is 0 Å². The topological polar surface area (TPSA) is 170 Å². The van der Waals surface area contributed by atoms with Crippen LogP contribution >= 0.6 is 11.8 Å². The van der Waals surface area contributed by atoms with Gasteiger partial charge in [-0.15, -0.1) is 10.2 Å². The van der Waals surface area contributed by atoms with E-state index in [0.717, 1.165) is 31.2 Å². The standard InChI is InChI=1S/C28H29N5O9S/c1-16(34)38-15-22-23(39-17(2)35)24(40-18(3)36)25(41-19(4)37)27(42-22)43-28-32-31-26(21-11-8-12-29-14-21)33(28)30-13-20-9-6-5-7-10-20/h5-14,22-25,27H,15H2,1-4H3/b30-13+/t22-,23-,24+,25-,27+/m1/s1. The number of thioether (sulfide) groups is 1. The molecule has 14 nitrogen and oxygen atoms in total. The van der Waals surface area contributed by atoms with Crippen molar-refractivity contribution in [2.24, 2.45) is 5.10 Å². The van der Waals surface area contributed by atoms with Gasteiger partial charge in [0.1, 0.15) is 12.7 Å². The number of carbonyl (C=O) groups excluding carboxylic acids is 4. The van der Waals surface area contributed by atoms with Crippen molar-refractivity contribution < 1.29 is 42.9 Å². The van der Waals surface area contributed by atoms with Crippen LogP contribution in [0.2, 0.25) is 0 Å². The molecule has 1 aliphatic heterocycles. The van der Waals surface area contributed by atoms with Crippen LogP contribution in [0.5, 0.6) is 0 Å². The molecule has 1 saturated heterocycles. The summed E-state index contributed by atoms with van der Waals surface area (Å²) in [5, 5.41) is 13.4. The molecule has 3 heterocycles. The zero-order valence-electron chi connectivity index (χ0n) is 23.7. The lowest BCUT2D eigenvalue weighted by Gasteiger charge is -2.43. The molecule has 0 bridgehead atoms. The average molecular weight is 612 g/mol. The van der Waals surface area contributed by atoms with Gasteiger partial charge in [-0.25, -0.2) is 0 Å². The van der Waals surface area contributed by atoms with E-state index in [1.807, 2.05) is 30.3 Å². The smallest absolute Gasteiger partial charge is 0.303 e. The Morgan fingerprint density at radius 2 is 1.56 bits per heavy atom. The summed E-state index contributed by atoms with van der Waals surface area (Å²) >= 11 is 0.965. The summed E-state index contributed by atoms with van der Waals surface area (Å²) in [5.74, 6) is -2.42. The second-order valence-corrected chi connectivity index (χ2v) is 10.3. The van der Waals surface area contributed by atoms with Gasteiger partial charge in [0.2, 0.25) is 5.16 Å². The molecule has 0 unspecified atom stereocenters. The number of benzene rings is 1. The summed E-state index contributed by atoms with van der Waals surface area (Å²) in [6.45, 7) is 4.33. The number of aromatic nitrogens is 4. The van der Waals surface area contributed by atoms with Gasteiger partial charge in [0.15, 0.2) is 29.6 Å². The lowest BCUT2D eigenvalue weighted by atomic mass is 9.99. The Balaban J connectivity index is 1.77. The largest absolute Gasteiger partial charge is 0.463 e. The zero-order valence-corrected chi connectivity index (χ0v) is 24.5. The van der Waals surface area contributed by atoms with Crippen LogP contribution in [0, 0.1) is 0 Å². The Morgan fingerprint density at radius 3 is 2.19 bits per heavy atom. The van der Waals surface area contributed by atoms with E-state index in [0.29, 0.717) is 11.4 Å². The highest BCUT2D eigenvalue weighted by atomic mass is 32.2. The highest BCUT2D eigenvalue weighted by molar-refractivity contribution is 7.99. The van der Waals surface area contributed by atoms with Gasteiger partial charge in [0, 0.05) is 45.7 Å². The van der Waals surface area contributed by atoms with Crippen molar-refractivity contribution in [3.8, 4) is 11.4 Å². The van der Waals surface area contributed by atoms with Crippen LogP contribution in [0.4, 0.5) is 0 Å². The normalized spacial score (nSPS) is 21.6. The summed E-state index contributed by atoms with van der Waals surface area (Å²) < 4.78 is 29.4. The quantitative estimate of drug-likeness (QED) is 0.186. The van der Waals surface area contributed by atoms with Crippen molar-refractivity contribution in [1.82, 2.24) is 19.9 Å². The number of nitrogens with zero attached hydrogens (tertiary/aromatic N) is 5. The Labute approximate surface area is 250 Å². The summed E-state index contributed by atoms with van der Waals surface area (Å²) in [6, 6.07) is 12.9. The number of esters is 4. The summed E-state index contributed by atoms with van der Waals surface area (Å²) in [5.41, 5.74) is 0.308. The van der Waals surface area contributed by atoms with E-state index < -0.39 is 53.7 Å². The van der Waals surface area contributed by atoms with Crippen molar-refractivity contribution >= 4 is 41.9 Å². The minimum absolute atomic E-state index is 0.215. The maximum atomic E-state index is 12.2. The molecule has 0 saturated carbocycles. The van der Waals surface area contributed by atoms with Crippen molar-refractivity contribution in [3.63, 3.8) is 0 Å². The Morgan fingerprint density at radius 1 is 0.884 bits per heavy atom. The van der Waals surface area contributed by atoms with E-state index in [9.17, 15) is 19.2 Å². The van der Waals surface area contributed by atoms with Gasteiger partial charge in [-0.05, 0) is 29.5 Å². The molecule has 0 spiro atoms. The second-order valence-electron chi connectivity index (χ2n) is 9.20. The molecular formula is C28H29N5O9S. The van der Waals surface area contributed by atoms with E-state index in [4.69, 9.17) is 23.7 Å². The molecule has 0 amide bonds. The first-order valence-corrected chi connectivity index (χ1v) is 13.9. The molecule has 15 heteroatoms. The fourth-order valence-corrected chi connectivity index (χ4v) is 5.24. The molecule has 1 aliphatic rings. The van der Waals surface area contributed by atoms with Gasteiger partial charge in [0.05, 0.1) is 6.21 Å². The van der Waals surface area contributed by atoms with Gasteiger partial charge in [-0.1, -0.05) is 30.3 Å². The molecule has 3 aromatic rings. The number of pyridine rings is 1. The third-order valence-corrected chi connectivity index (χ3v) is 6.90. The van der Waals surface area contributed by atoms with Gasteiger partial charge in [-0.3, -0.25) is 24.2 Å². The van der Waals surface area contributed by atoms with Crippen molar-refractivity contribution in [3.05, 3.63) is 60.4 Å². The van der Waals surface area contributed by atoms with E-state index >= 15 is 0 Å². The lowest BCUT2D eigenvalue weighted by Crippen LogP contribution is -2.61. The SMILES string of the molecule is CC(=O)OC[C@H]1O[C@@H](Sc2nnc(-c3cccnc3)n2/N=C/c2ccccc2)[C@H](OC(C)=O)[C@@H](OC(C)=O)[C@@H]1OC(C)=O. The molecule has 4 rings (SSSR count). The molecule has 1 fully saturated rings. The van der Waals surface area contributed by atoms with Crippen molar-refractivity contribution in [2.45, 2.75) is 62.7 Å². The van der Waals surface area contributed by atoms with Crippen LogP contribution in [-0.4, -0.2) is 86.4 Å². The fourth-order valence-electron chi connectivity index (χ4n) is 4.17. The molecule has 1 aromatic carbocycles. The molecule has 226 valence electrons. The zero-order chi connectivity index (χ0) is 30.9. The Kier molecular flexibility index (Phi) is 10.6. The predicted molar refractivity (Wildman–Crippen MR) is 150 cm³/mol. The molecule has 43 heavy (non-hydrogen) atoms. The summed E-state index contributed by atoms with van der Waals surface area (Å²) in [6.07, 6.45) is -0.161. The van der Waals surface area contributed by atoms with Gasteiger partial charge < -0.3 is 23.7 Å². The molecule has 2 aromatic heterocycles. The number of rotatable bonds is 10. The third-order valence-electron chi connectivity index (χ3n) is 5.82. The average Bonchev–Trinajstić information content (AvgIpc) is 3.36. The maximum Gasteiger partial charge on any atom is 0.303 e. The fraction of sp³-hybridized carbons (Fsp3) is 0.357. The molecular weight excluding hydrogens is 582 g/mol. The van der Waals surface area contributed by atoms with Crippen LogP contribution in [-0.2, 0) is 42.9 Å². The number of hydrogen-bond donors (Lipinski definition) is 0.